The molecule has 0 N–H and O–H groups in total. The molecule has 0 spiro atoms. The fourth-order valence-electron chi connectivity index (χ4n) is 0.640. The summed E-state index contributed by atoms with van der Waals surface area (Å²) < 4.78 is 46.2. The molecule has 52 valence electrons. The summed E-state index contributed by atoms with van der Waals surface area (Å²) in [6, 6.07) is 0. The summed E-state index contributed by atoms with van der Waals surface area (Å²) in [6.45, 7) is 0. The van der Waals surface area contributed by atoms with Crippen LogP contribution in [0.4, 0.5) is 17.6 Å². The maximum absolute atomic E-state index is 11.8. The molecule has 0 saturated heterocycles. The molecule has 0 radical (unpaired) electrons. The summed E-state index contributed by atoms with van der Waals surface area (Å²) >= 11 is 0. The molecule has 0 aromatic carbocycles. The van der Waals surface area contributed by atoms with Crippen molar-refractivity contribution < 1.29 is 17.6 Å². The third-order valence-electron chi connectivity index (χ3n) is 1.26. The first-order valence-electron chi connectivity index (χ1n) is 2.46. The highest BCUT2D eigenvalue weighted by Gasteiger charge is 2.40. The van der Waals surface area contributed by atoms with Crippen LogP contribution >= 0.6 is 0 Å². The molecular weight excluding hydrogens is 136 g/mol. The molecule has 0 fully saturated rings. The van der Waals surface area contributed by atoms with Gasteiger partial charge >= 0.3 is 6.18 Å². The van der Waals surface area contributed by atoms with Gasteiger partial charge in [-0.3, -0.25) is 0 Å². The summed E-state index contributed by atoms with van der Waals surface area (Å²) in [5.74, 6) is -0.998. The van der Waals surface area contributed by atoms with Crippen molar-refractivity contribution >= 4 is 0 Å². The average molecular weight is 140 g/mol. The molecule has 0 unspecified atom stereocenters. The Bertz CT molecular complexity index is 153. The van der Waals surface area contributed by atoms with Crippen molar-refractivity contribution in [3.05, 3.63) is 11.4 Å². The lowest BCUT2D eigenvalue weighted by atomic mass is 9.97. The second-order valence-electron chi connectivity index (χ2n) is 1.88. The van der Waals surface area contributed by atoms with Gasteiger partial charge in [-0.15, -0.1) is 0 Å². The van der Waals surface area contributed by atoms with E-state index >= 15 is 0 Å². The second kappa shape index (κ2) is 1.72. The molecule has 0 aromatic heterocycles. The molecule has 0 nitrogen and oxygen atoms in total. The van der Waals surface area contributed by atoms with Crippen LogP contribution in [0.1, 0.15) is 12.8 Å². The van der Waals surface area contributed by atoms with Crippen LogP contribution in [-0.2, 0) is 0 Å². The van der Waals surface area contributed by atoms with E-state index in [2.05, 4.69) is 0 Å². The average Bonchev–Trinajstić information content (AvgIpc) is 1.57. The van der Waals surface area contributed by atoms with Gasteiger partial charge in [-0.2, -0.15) is 13.2 Å². The van der Waals surface area contributed by atoms with E-state index in [1.165, 1.54) is 0 Å². The normalized spacial score (nSPS) is 20.0. The topological polar surface area (TPSA) is 0 Å². The molecule has 1 rings (SSSR count). The quantitative estimate of drug-likeness (QED) is 0.453. The third kappa shape index (κ3) is 1.06. The van der Waals surface area contributed by atoms with Gasteiger partial charge in [-0.25, -0.2) is 4.39 Å². The summed E-state index contributed by atoms with van der Waals surface area (Å²) in [7, 11) is 0. The van der Waals surface area contributed by atoms with Crippen LogP contribution in [-0.4, -0.2) is 6.18 Å². The van der Waals surface area contributed by atoms with Gasteiger partial charge in [0.1, 0.15) is 5.83 Å². The van der Waals surface area contributed by atoms with E-state index in [-0.39, 0.29) is 12.8 Å². The van der Waals surface area contributed by atoms with Crippen LogP contribution < -0.4 is 0 Å². The van der Waals surface area contributed by atoms with Crippen molar-refractivity contribution in [3.63, 3.8) is 0 Å². The van der Waals surface area contributed by atoms with E-state index in [4.69, 9.17) is 0 Å². The zero-order valence-electron chi connectivity index (χ0n) is 4.43. The molecular formula is C5H4F4. The van der Waals surface area contributed by atoms with Crippen LogP contribution in [0.15, 0.2) is 11.4 Å². The highest BCUT2D eigenvalue weighted by Crippen LogP contribution is 2.40. The minimum atomic E-state index is -4.43. The standard InChI is InChI=1S/C5H4F4/c6-4-2-1-3(4)5(7,8)9/h1-2H2. The Labute approximate surface area is 49.2 Å². The fourth-order valence-corrected chi connectivity index (χ4v) is 0.640. The fraction of sp³-hybridized carbons (Fsp3) is 0.600. The number of alkyl halides is 3. The van der Waals surface area contributed by atoms with Gasteiger partial charge in [0.2, 0.25) is 0 Å². The van der Waals surface area contributed by atoms with Crippen molar-refractivity contribution in [1.29, 1.82) is 0 Å². The minimum Gasteiger partial charge on any atom is -0.212 e. The number of halogens is 4. The predicted octanol–water partition coefficient (Wildman–Crippen LogP) is 2.57. The van der Waals surface area contributed by atoms with Crippen molar-refractivity contribution in [2.45, 2.75) is 19.0 Å². The number of hydrogen-bond donors (Lipinski definition) is 0. The van der Waals surface area contributed by atoms with Crippen LogP contribution in [0.2, 0.25) is 0 Å². The third-order valence-corrected chi connectivity index (χ3v) is 1.26. The molecule has 1 aliphatic rings. The highest BCUT2D eigenvalue weighted by atomic mass is 19.4. The van der Waals surface area contributed by atoms with Gasteiger partial charge in [-0.1, -0.05) is 0 Å². The molecule has 4 heteroatoms. The lowest BCUT2D eigenvalue weighted by Gasteiger charge is -2.19. The molecule has 9 heavy (non-hydrogen) atoms. The van der Waals surface area contributed by atoms with Gasteiger partial charge < -0.3 is 0 Å². The molecule has 1 aliphatic carbocycles. The number of hydrogen-bond acceptors (Lipinski definition) is 0. The first-order chi connectivity index (χ1) is 4.02. The largest absolute Gasteiger partial charge is 0.415 e. The smallest absolute Gasteiger partial charge is 0.212 e. The second-order valence-corrected chi connectivity index (χ2v) is 1.88. The molecule has 0 atom stereocenters. The first-order valence-corrected chi connectivity index (χ1v) is 2.46. The van der Waals surface area contributed by atoms with Crippen LogP contribution in [0, 0.1) is 0 Å². The van der Waals surface area contributed by atoms with E-state index in [0.29, 0.717) is 0 Å². The van der Waals surface area contributed by atoms with E-state index in [0.717, 1.165) is 0 Å². The van der Waals surface area contributed by atoms with Gasteiger partial charge in [0.15, 0.2) is 0 Å². The monoisotopic (exact) mass is 140 g/mol. The van der Waals surface area contributed by atoms with Crippen molar-refractivity contribution in [1.82, 2.24) is 0 Å². The Kier molecular flexibility index (Phi) is 1.26. The van der Waals surface area contributed by atoms with Gasteiger partial charge in [-0.05, 0) is 6.42 Å². The summed E-state index contributed by atoms with van der Waals surface area (Å²) in [6.07, 6.45) is -4.63. The Morgan fingerprint density at radius 2 is 1.67 bits per heavy atom. The Morgan fingerprint density at radius 3 is 1.67 bits per heavy atom. The predicted molar refractivity (Wildman–Crippen MR) is 23.4 cm³/mol. The zero-order chi connectivity index (χ0) is 7.07. The summed E-state index contributed by atoms with van der Waals surface area (Å²) in [5, 5.41) is 0. The zero-order valence-corrected chi connectivity index (χ0v) is 4.43. The molecule has 0 bridgehead atoms. The maximum atomic E-state index is 11.8. The van der Waals surface area contributed by atoms with Gasteiger partial charge in [0.05, 0.1) is 5.57 Å². The Morgan fingerprint density at radius 1 is 1.11 bits per heavy atom. The van der Waals surface area contributed by atoms with Gasteiger partial charge in [0.25, 0.3) is 0 Å². The number of allylic oxidation sites excluding steroid dienone is 2. The van der Waals surface area contributed by atoms with E-state index in [1.807, 2.05) is 0 Å². The Hall–Kier alpha value is -0.540. The number of rotatable bonds is 0. The first kappa shape index (κ1) is 6.58. The van der Waals surface area contributed by atoms with Crippen LogP contribution in [0.5, 0.6) is 0 Å². The molecule has 0 aliphatic heterocycles. The van der Waals surface area contributed by atoms with Crippen molar-refractivity contribution in [2.75, 3.05) is 0 Å². The lowest BCUT2D eigenvalue weighted by molar-refractivity contribution is -0.1000. The minimum absolute atomic E-state index is 0.0468. The molecule has 0 heterocycles. The Balaban J connectivity index is 2.75. The molecule has 0 aromatic rings. The van der Waals surface area contributed by atoms with E-state index in [1.54, 1.807) is 0 Å². The van der Waals surface area contributed by atoms with Crippen molar-refractivity contribution in [3.8, 4) is 0 Å². The molecule has 0 saturated carbocycles. The van der Waals surface area contributed by atoms with Crippen molar-refractivity contribution in [2.24, 2.45) is 0 Å². The SMILES string of the molecule is FC1=C(C(F)(F)F)CC1. The van der Waals surface area contributed by atoms with Gasteiger partial charge in [0, 0.05) is 6.42 Å². The summed E-state index contributed by atoms with van der Waals surface area (Å²) in [5.41, 5.74) is -0.984. The summed E-state index contributed by atoms with van der Waals surface area (Å²) in [4.78, 5) is 0. The lowest BCUT2D eigenvalue weighted by Crippen LogP contribution is -2.18. The maximum Gasteiger partial charge on any atom is 0.415 e. The van der Waals surface area contributed by atoms with Crippen LogP contribution in [0.25, 0.3) is 0 Å². The van der Waals surface area contributed by atoms with E-state index in [9.17, 15) is 17.6 Å². The molecule has 0 amide bonds. The van der Waals surface area contributed by atoms with E-state index < -0.39 is 17.6 Å². The highest BCUT2D eigenvalue weighted by molar-refractivity contribution is 5.23. The van der Waals surface area contributed by atoms with Crippen LogP contribution in [0.3, 0.4) is 0 Å².